The van der Waals surface area contributed by atoms with Gasteiger partial charge in [0, 0.05) is 12.4 Å². The summed E-state index contributed by atoms with van der Waals surface area (Å²) in [6, 6.07) is 4.13. The fraction of sp³-hybridized carbons (Fsp3) is 0.643. The van der Waals surface area contributed by atoms with Crippen LogP contribution in [-0.4, -0.2) is 4.98 Å². The van der Waals surface area contributed by atoms with E-state index in [-0.39, 0.29) is 0 Å². The molecule has 1 unspecified atom stereocenters. The summed E-state index contributed by atoms with van der Waals surface area (Å²) in [6.45, 7) is 14.7. The maximum atomic E-state index is 4.09. The van der Waals surface area contributed by atoms with Crippen LogP contribution in [0.15, 0.2) is 24.5 Å². The van der Waals surface area contributed by atoms with Crippen molar-refractivity contribution in [2.24, 2.45) is 5.92 Å². The molecule has 0 bridgehead atoms. The van der Waals surface area contributed by atoms with Crippen molar-refractivity contribution in [3.8, 4) is 0 Å². The first-order chi connectivity index (χ1) is 7.22. The van der Waals surface area contributed by atoms with Crippen molar-refractivity contribution in [2.45, 2.75) is 54.4 Å². The molecule has 1 aromatic heterocycles. The SMILES string of the molecule is CC.CC.CC(C)C(C)c1cccnc1. The molecule has 1 heteroatoms. The lowest BCUT2D eigenvalue weighted by Crippen LogP contribution is -2.01. The van der Waals surface area contributed by atoms with Crippen LogP contribution in [0, 0.1) is 5.92 Å². The van der Waals surface area contributed by atoms with Crippen LogP contribution < -0.4 is 0 Å². The largest absolute Gasteiger partial charge is 0.264 e. The van der Waals surface area contributed by atoms with Gasteiger partial charge < -0.3 is 0 Å². The number of rotatable bonds is 2. The fourth-order valence-corrected chi connectivity index (χ4v) is 1.03. The highest BCUT2D eigenvalue weighted by molar-refractivity contribution is 5.13. The molecule has 0 spiro atoms. The molecular weight excluding hydrogens is 182 g/mol. The Hall–Kier alpha value is -0.850. The summed E-state index contributed by atoms with van der Waals surface area (Å²) in [5.74, 6) is 1.31. The number of hydrogen-bond acceptors (Lipinski definition) is 1. The predicted molar refractivity (Wildman–Crippen MR) is 70.2 cm³/mol. The number of nitrogens with zero attached hydrogens (tertiary/aromatic N) is 1. The Labute approximate surface area is 95.9 Å². The van der Waals surface area contributed by atoms with Crippen molar-refractivity contribution in [3.05, 3.63) is 30.1 Å². The van der Waals surface area contributed by atoms with Crippen LogP contribution in [0.5, 0.6) is 0 Å². The Morgan fingerprint density at radius 3 is 1.87 bits per heavy atom. The van der Waals surface area contributed by atoms with Crippen molar-refractivity contribution in [1.29, 1.82) is 0 Å². The molecule has 0 aliphatic heterocycles. The van der Waals surface area contributed by atoms with E-state index in [2.05, 4.69) is 31.8 Å². The second kappa shape index (κ2) is 11.2. The van der Waals surface area contributed by atoms with Crippen LogP contribution in [0.2, 0.25) is 0 Å². The number of aromatic nitrogens is 1. The summed E-state index contributed by atoms with van der Waals surface area (Å²) in [6.07, 6.45) is 3.77. The van der Waals surface area contributed by atoms with Crippen LogP contribution in [-0.2, 0) is 0 Å². The molecule has 0 saturated carbocycles. The summed E-state index contributed by atoms with van der Waals surface area (Å²) in [4.78, 5) is 4.09. The van der Waals surface area contributed by atoms with Gasteiger partial charge in [0.2, 0.25) is 0 Å². The third-order valence-electron chi connectivity index (χ3n) is 2.21. The number of pyridine rings is 1. The third-order valence-corrected chi connectivity index (χ3v) is 2.21. The first kappa shape index (κ1) is 16.6. The van der Waals surface area contributed by atoms with Crippen molar-refractivity contribution >= 4 is 0 Å². The lowest BCUT2D eigenvalue weighted by atomic mass is 9.92. The second-order valence-electron chi connectivity index (χ2n) is 3.32. The van der Waals surface area contributed by atoms with Gasteiger partial charge in [0.1, 0.15) is 0 Å². The van der Waals surface area contributed by atoms with E-state index in [1.54, 1.807) is 0 Å². The Balaban J connectivity index is 0. The fourth-order valence-electron chi connectivity index (χ4n) is 1.03. The molecule has 1 aromatic rings. The van der Waals surface area contributed by atoms with E-state index in [4.69, 9.17) is 0 Å². The first-order valence-electron chi connectivity index (χ1n) is 6.11. The average Bonchev–Trinajstić information content (AvgIpc) is 2.34. The Morgan fingerprint density at radius 1 is 1.00 bits per heavy atom. The van der Waals surface area contributed by atoms with Gasteiger partial charge in [-0.3, -0.25) is 4.98 Å². The molecule has 88 valence electrons. The van der Waals surface area contributed by atoms with Crippen molar-refractivity contribution in [1.82, 2.24) is 4.98 Å². The van der Waals surface area contributed by atoms with E-state index >= 15 is 0 Å². The molecule has 1 nitrogen and oxygen atoms in total. The lowest BCUT2D eigenvalue weighted by Gasteiger charge is -2.14. The summed E-state index contributed by atoms with van der Waals surface area (Å²) >= 11 is 0. The van der Waals surface area contributed by atoms with E-state index in [9.17, 15) is 0 Å². The first-order valence-corrected chi connectivity index (χ1v) is 6.11. The maximum absolute atomic E-state index is 4.09. The molecule has 0 aliphatic carbocycles. The van der Waals surface area contributed by atoms with E-state index in [0.29, 0.717) is 11.8 Å². The van der Waals surface area contributed by atoms with Crippen molar-refractivity contribution < 1.29 is 0 Å². The van der Waals surface area contributed by atoms with Crippen LogP contribution in [0.1, 0.15) is 59.9 Å². The minimum Gasteiger partial charge on any atom is -0.264 e. The molecule has 0 saturated heterocycles. The summed E-state index contributed by atoms with van der Waals surface area (Å²) in [5.41, 5.74) is 1.34. The van der Waals surface area contributed by atoms with Crippen LogP contribution >= 0.6 is 0 Å². The summed E-state index contributed by atoms with van der Waals surface area (Å²) < 4.78 is 0. The highest BCUT2D eigenvalue weighted by Crippen LogP contribution is 2.21. The van der Waals surface area contributed by atoms with Gasteiger partial charge in [-0.1, -0.05) is 54.5 Å². The minimum absolute atomic E-state index is 0.615. The maximum Gasteiger partial charge on any atom is 0.0302 e. The summed E-state index contributed by atoms with van der Waals surface area (Å²) in [5, 5.41) is 0. The molecule has 1 heterocycles. The van der Waals surface area contributed by atoms with Crippen LogP contribution in [0.4, 0.5) is 0 Å². The lowest BCUT2D eigenvalue weighted by molar-refractivity contribution is 0.534. The van der Waals surface area contributed by atoms with Crippen molar-refractivity contribution in [3.63, 3.8) is 0 Å². The molecule has 0 fully saturated rings. The Bertz CT molecular complexity index is 204. The molecule has 1 atom stereocenters. The van der Waals surface area contributed by atoms with Crippen LogP contribution in [0.25, 0.3) is 0 Å². The zero-order valence-corrected chi connectivity index (χ0v) is 11.4. The molecule has 0 N–H and O–H groups in total. The molecule has 0 aliphatic rings. The van der Waals surface area contributed by atoms with Gasteiger partial charge in [0.05, 0.1) is 0 Å². The third kappa shape index (κ3) is 7.12. The van der Waals surface area contributed by atoms with Gasteiger partial charge in [-0.25, -0.2) is 0 Å². The average molecular weight is 209 g/mol. The molecule has 0 radical (unpaired) electrons. The topological polar surface area (TPSA) is 12.9 Å². The predicted octanol–water partition coefficient (Wildman–Crippen LogP) is 4.89. The van der Waals surface area contributed by atoms with E-state index < -0.39 is 0 Å². The standard InChI is InChI=1S/C10H15N.2C2H6/c1-8(2)9(3)10-5-4-6-11-7-10;2*1-2/h4-9H,1-3H3;2*1-2H3. The molecule has 15 heavy (non-hydrogen) atoms. The Morgan fingerprint density at radius 2 is 1.53 bits per heavy atom. The second-order valence-corrected chi connectivity index (χ2v) is 3.32. The van der Waals surface area contributed by atoms with Gasteiger partial charge in [-0.2, -0.15) is 0 Å². The summed E-state index contributed by atoms with van der Waals surface area (Å²) in [7, 11) is 0. The Kier molecular flexibility index (Phi) is 12.4. The van der Waals surface area contributed by atoms with E-state index in [0.717, 1.165) is 0 Å². The van der Waals surface area contributed by atoms with Crippen LogP contribution in [0.3, 0.4) is 0 Å². The molecule has 1 rings (SSSR count). The minimum atomic E-state index is 0.615. The molecule has 0 aromatic carbocycles. The highest BCUT2D eigenvalue weighted by Gasteiger charge is 2.08. The van der Waals surface area contributed by atoms with Gasteiger partial charge >= 0.3 is 0 Å². The molecular formula is C14H27N. The molecule has 0 amide bonds. The number of hydrogen-bond donors (Lipinski definition) is 0. The van der Waals surface area contributed by atoms with Gasteiger partial charge in [-0.05, 0) is 23.5 Å². The van der Waals surface area contributed by atoms with Gasteiger partial charge in [0.25, 0.3) is 0 Å². The zero-order chi connectivity index (χ0) is 12.3. The normalized spacial score (nSPS) is 10.7. The van der Waals surface area contributed by atoms with Gasteiger partial charge in [-0.15, -0.1) is 0 Å². The quantitative estimate of drug-likeness (QED) is 0.675. The van der Waals surface area contributed by atoms with E-state index in [1.165, 1.54) is 5.56 Å². The van der Waals surface area contributed by atoms with E-state index in [1.807, 2.05) is 46.2 Å². The smallest absolute Gasteiger partial charge is 0.0302 e. The zero-order valence-electron chi connectivity index (χ0n) is 11.4. The monoisotopic (exact) mass is 209 g/mol. The highest BCUT2D eigenvalue weighted by atomic mass is 14.6. The van der Waals surface area contributed by atoms with Crippen molar-refractivity contribution in [2.75, 3.05) is 0 Å². The van der Waals surface area contributed by atoms with Gasteiger partial charge in [0.15, 0.2) is 0 Å².